The van der Waals surface area contributed by atoms with Gasteiger partial charge in [0.15, 0.2) is 0 Å². The van der Waals surface area contributed by atoms with Gasteiger partial charge in [-0.15, -0.1) is 0 Å². The van der Waals surface area contributed by atoms with Gasteiger partial charge in [0.25, 0.3) is 0 Å². The van der Waals surface area contributed by atoms with Gasteiger partial charge in [-0.25, -0.2) is 4.79 Å². The molecule has 5 heteroatoms. The zero-order chi connectivity index (χ0) is 15.2. The summed E-state index contributed by atoms with van der Waals surface area (Å²) >= 11 is 0. The number of aromatic nitrogens is 2. The first kappa shape index (κ1) is 15.3. The minimum atomic E-state index is -0.195. The van der Waals surface area contributed by atoms with Crippen LogP contribution in [0.25, 0.3) is 0 Å². The highest BCUT2D eigenvalue weighted by atomic mass is 16.5. The maximum absolute atomic E-state index is 11.8. The summed E-state index contributed by atoms with van der Waals surface area (Å²) in [5, 5.41) is 0. The second-order valence-corrected chi connectivity index (χ2v) is 5.02. The van der Waals surface area contributed by atoms with Crippen molar-refractivity contribution in [3.05, 3.63) is 57.8 Å². The van der Waals surface area contributed by atoms with Crippen molar-refractivity contribution in [2.24, 2.45) is 5.73 Å². The van der Waals surface area contributed by atoms with Gasteiger partial charge in [0.05, 0.1) is 6.61 Å². The van der Waals surface area contributed by atoms with Crippen LogP contribution in [-0.4, -0.2) is 16.2 Å². The maximum Gasteiger partial charge on any atom is 0.347 e. The Balaban J connectivity index is 1.86. The lowest BCUT2D eigenvalue weighted by Gasteiger charge is -2.10. The molecular weight excluding hydrogens is 266 g/mol. The van der Waals surface area contributed by atoms with Crippen LogP contribution in [-0.2, 0) is 13.1 Å². The van der Waals surface area contributed by atoms with Crippen molar-refractivity contribution in [3.63, 3.8) is 0 Å². The van der Waals surface area contributed by atoms with Gasteiger partial charge in [0.2, 0.25) is 0 Å². The summed E-state index contributed by atoms with van der Waals surface area (Å²) in [6.07, 6.45) is 0.754. The van der Waals surface area contributed by atoms with Gasteiger partial charge in [-0.2, -0.15) is 4.98 Å². The average molecular weight is 287 g/mol. The molecule has 0 saturated heterocycles. The molecule has 112 valence electrons. The van der Waals surface area contributed by atoms with Crippen LogP contribution in [0.4, 0.5) is 0 Å². The molecule has 0 saturated carbocycles. The van der Waals surface area contributed by atoms with E-state index in [1.807, 2.05) is 44.2 Å². The smallest absolute Gasteiger partial charge is 0.347 e. The SMILES string of the molecule is Cc1cc(C)n(CCCOc2ccc(CN)cc2)c(=O)n1. The first-order valence-corrected chi connectivity index (χ1v) is 7.07. The van der Waals surface area contributed by atoms with Crippen LogP contribution in [0.5, 0.6) is 5.75 Å². The molecule has 1 aromatic heterocycles. The Labute approximate surface area is 124 Å². The molecule has 5 nitrogen and oxygen atoms in total. The van der Waals surface area contributed by atoms with Crippen LogP contribution in [0.1, 0.15) is 23.4 Å². The largest absolute Gasteiger partial charge is 0.494 e. The number of nitrogens with two attached hydrogens (primary N) is 1. The quantitative estimate of drug-likeness (QED) is 0.822. The highest BCUT2D eigenvalue weighted by Crippen LogP contribution is 2.12. The molecule has 0 fully saturated rings. The van der Waals surface area contributed by atoms with Crippen molar-refractivity contribution >= 4 is 0 Å². The number of benzene rings is 1. The molecule has 0 bridgehead atoms. The topological polar surface area (TPSA) is 70.1 Å². The molecule has 0 aliphatic carbocycles. The predicted molar refractivity (Wildman–Crippen MR) is 82.4 cm³/mol. The van der Waals surface area contributed by atoms with Crippen molar-refractivity contribution in [1.29, 1.82) is 0 Å². The lowest BCUT2D eigenvalue weighted by Crippen LogP contribution is -2.26. The van der Waals surface area contributed by atoms with Gasteiger partial charge >= 0.3 is 5.69 Å². The molecule has 2 aromatic rings. The monoisotopic (exact) mass is 287 g/mol. The van der Waals surface area contributed by atoms with E-state index in [0.29, 0.717) is 19.7 Å². The van der Waals surface area contributed by atoms with E-state index < -0.39 is 0 Å². The summed E-state index contributed by atoms with van der Waals surface area (Å²) in [6, 6.07) is 9.63. The molecule has 21 heavy (non-hydrogen) atoms. The zero-order valence-corrected chi connectivity index (χ0v) is 12.5. The molecule has 0 radical (unpaired) electrons. The first-order chi connectivity index (χ1) is 10.1. The Bertz CT molecular complexity index is 648. The summed E-state index contributed by atoms with van der Waals surface area (Å²) in [4.78, 5) is 15.7. The summed E-state index contributed by atoms with van der Waals surface area (Å²) in [6.45, 7) is 5.44. The second kappa shape index (κ2) is 7.04. The fourth-order valence-corrected chi connectivity index (χ4v) is 2.18. The molecule has 2 N–H and O–H groups in total. The van der Waals surface area contributed by atoms with Gasteiger partial charge in [-0.05, 0) is 44.0 Å². The van der Waals surface area contributed by atoms with Crippen LogP contribution >= 0.6 is 0 Å². The summed E-state index contributed by atoms with van der Waals surface area (Å²) < 4.78 is 7.33. The molecule has 0 unspecified atom stereocenters. The highest BCUT2D eigenvalue weighted by molar-refractivity contribution is 5.27. The van der Waals surface area contributed by atoms with E-state index in [1.165, 1.54) is 0 Å². The predicted octanol–water partition coefficient (Wildman–Crippen LogP) is 1.79. The number of hydrogen-bond donors (Lipinski definition) is 1. The summed E-state index contributed by atoms with van der Waals surface area (Å²) in [5.41, 5.74) is 8.12. The normalized spacial score (nSPS) is 10.6. The molecule has 0 atom stereocenters. The first-order valence-electron chi connectivity index (χ1n) is 7.07. The molecule has 0 aliphatic rings. The molecule has 0 amide bonds. The van der Waals surface area contributed by atoms with Gasteiger partial charge in [-0.3, -0.25) is 4.57 Å². The van der Waals surface area contributed by atoms with Gasteiger partial charge in [0, 0.05) is 24.5 Å². The fraction of sp³-hybridized carbons (Fsp3) is 0.375. The van der Waals surface area contributed by atoms with Crippen molar-refractivity contribution in [2.45, 2.75) is 33.4 Å². The van der Waals surface area contributed by atoms with E-state index in [4.69, 9.17) is 10.5 Å². The van der Waals surface area contributed by atoms with Crippen LogP contribution in [0.2, 0.25) is 0 Å². The minimum absolute atomic E-state index is 0.195. The van der Waals surface area contributed by atoms with Crippen molar-refractivity contribution in [1.82, 2.24) is 9.55 Å². The van der Waals surface area contributed by atoms with E-state index in [0.717, 1.165) is 29.1 Å². The standard InChI is InChI=1S/C16H21N3O2/c1-12-10-13(2)19(16(20)18-12)8-3-9-21-15-6-4-14(11-17)5-7-15/h4-7,10H,3,8-9,11,17H2,1-2H3. The van der Waals surface area contributed by atoms with E-state index in [-0.39, 0.29) is 5.69 Å². The molecular formula is C16H21N3O2. The third kappa shape index (κ3) is 4.16. The second-order valence-electron chi connectivity index (χ2n) is 5.02. The van der Waals surface area contributed by atoms with E-state index >= 15 is 0 Å². The Morgan fingerprint density at radius 3 is 2.57 bits per heavy atom. The van der Waals surface area contributed by atoms with Gasteiger partial charge in [0.1, 0.15) is 5.75 Å². The Morgan fingerprint density at radius 2 is 1.95 bits per heavy atom. The molecule has 1 heterocycles. The summed E-state index contributed by atoms with van der Waals surface area (Å²) in [7, 11) is 0. The van der Waals surface area contributed by atoms with E-state index in [9.17, 15) is 4.79 Å². The Morgan fingerprint density at radius 1 is 1.24 bits per heavy atom. The van der Waals surface area contributed by atoms with Crippen molar-refractivity contribution < 1.29 is 4.74 Å². The van der Waals surface area contributed by atoms with E-state index in [1.54, 1.807) is 4.57 Å². The third-order valence-electron chi connectivity index (χ3n) is 3.30. The number of hydrogen-bond acceptors (Lipinski definition) is 4. The van der Waals surface area contributed by atoms with Crippen LogP contribution in [0, 0.1) is 13.8 Å². The molecule has 1 aromatic carbocycles. The average Bonchev–Trinajstić information content (AvgIpc) is 2.46. The zero-order valence-electron chi connectivity index (χ0n) is 12.5. The molecule has 0 spiro atoms. The molecule has 0 aliphatic heterocycles. The van der Waals surface area contributed by atoms with Crippen LogP contribution < -0.4 is 16.2 Å². The van der Waals surface area contributed by atoms with Crippen molar-refractivity contribution in [2.75, 3.05) is 6.61 Å². The Kier molecular flexibility index (Phi) is 5.11. The third-order valence-corrected chi connectivity index (χ3v) is 3.30. The fourth-order valence-electron chi connectivity index (χ4n) is 2.18. The number of rotatable bonds is 6. The number of ether oxygens (including phenoxy) is 1. The number of aryl methyl sites for hydroxylation is 2. The van der Waals surface area contributed by atoms with Crippen molar-refractivity contribution in [3.8, 4) is 5.75 Å². The van der Waals surface area contributed by atoms with Crippen LogP contribution in [0.15, 0.2) is 35.1 Å². The van der Waals surface area contributed by atoms with E-state index in [2.05, 4.69) is 4.98 Å². The van der Waals surface area contributed by atoms with Gasteiger partial charge < -0.3 is 10.5 Å². The highest BCUT2D eigenvalue weighted by Gasteiger charge is 2.03. The minimum Gasteiger partial charge on any atom is -0.494 e. The molecule has 2 rings (SSSR count). The maximum atomic E-state index is 11.8. The summed E-state index contributed by atoms with van der Waals surface area (Å²) in [5.74, 6) is 0.818. The van der Waals surface area contributed by atoms with Crippen LogP contribution in [0.3, 0.4) is 0 Å². The van der Waals surface area contributed by atoms with Gasteiger partial charge in [-0.1, -0.05) is 12.1 Å². The lowest BCUT2D eigenvalue weighted by atomic mass is 10.2. The number of nitrogens with zero attached hydrogens (tertiary/aromatic N) is 2. The lowest BCUT2D eigenvalue weighted by molar-refractivity contribution is 0.300. The Hall–Kier alpha value is -2.14.